The molecule has 25 heavy (non-hydrogen) atoms. The molecule has 0 aliphatic carbocycles. The van der Waals surface area contributed by atoms with Gasteiger partial charge in [-0.1, -0.05) is 50.6 Å². The van der Waals surface area contributed by atoms with E-state index in [9.17, 15) is 5.11 Å². The molecule has 0 amide bonds. The SMILES string of the molecule is CBON1[C@@H]([C@@H](O)C#Cc2ccc(CCCCC)cc2)COC1(C)C. The molecule has 0 spiro atoms. The van der Waals surface area contributed by atoms with Crippen molar-refractivity contribution in [3.63, 3.8) is 0 Å². The molecule has 1 N–H and O–H groups in total. The van der Waals surface area contributed by atoms with E-state index in [1.165, 1.54) is 24.8 Å². The zero-order valence-electron chi connectivity index (χ0n) is 15.9. The molecule has 5 heteroatoms. The van der Waals surface area contributed by atoms with Crippen LogP contribution >= 0.6 is 0 Å². The first kappa shape index (κ1) is 20.0. The number of ether oxygens (including phenoxy) is 1. The summed E-state index contributed by atoms with van der Waals surface area (Å²) in [6, 6.07) is 8.02. The van der Waals surface area contributed by atoms with Gasteiger partial charge in [0.15, 0.2) is 0 Å². The summed E-state index contributed by atoms with van der Waals surface area (Å²) in [5, 5.41) is 12.2. The first-order valence-corrected chi connectivity index (χ1v) is 9.32. The van der Waals surface area contributed by atoms with Crippen LogP contribution in [0.5, 0.6) is 0 Å². The number of aliphatic hydroxyl groups is 1. The van der Waals surface area contributed by atoms with E-state index in [0.717, 1.165) is 12.0 Å². The van der Waals surface area contributed by atoms with Crippen molar-refractivity contribution in [2.75, 3.05) is 6.61 Å². The average molecular weight is 343 g/mol. The average Bonchev–Trinajstić information content (AvgIpc) is 2.89. The molecule has 1 aromatic carbocycles. The van der Waals surface area contributed by atoms with E-state index in [1.807, 2.05) is 32.8 Å². The quantitative estimate of drug-likeness (QED) is 0.470. The summed E-state index contributed by atoms with van der Waals surface area (Å²) in [4.78, 5) is 0. The maximum atomic E-state index is 10.5. The van der Waals surface area contributed by atoms with Crippen LogP contribution in [0.1, 0.15) is 51.2 Å². The predicted molar refractivity (Wildman–Crippen MR) is 102 cm³/mol. The third-order valence-electron chi connectivity index (χ3n) is 4.46. The second-order valence-corrected chi connectivity index (χ2v) is 6.94. The molecule has 1 aliphatic heterocycles. The first-order chi connectivity index (χ1) is 12.0. The van der Waals surface area contributed by atoms with E-state index in [4.69, 9.17) is 9.49 Å². The molecular formula is C20H30BNO3. The first-order valence-electron chi connectivity index (χ1n) is 9.32. The molecule has 1 heterocycles. The maximum absolute atomic E-state index is 10.5. The number of nitrogens with zero attached hydrogens (tertiary/aromatic N) is 1. The van der Waals surface area contributed by atoms with Crippen LogP contribution in [0, 0.1) is 11.8 Å². The summed E-state index contributed by atoms with van der Waals surface area (Å²) >= 11 is 0. The number of benzene rings is 1. The van der Waals surface area contributed by atoms with E-state index in [-0.39, 0.29) is 6.04 Å². The van der Waals surface area contributed by atoms with Gasteiger partial charge < -0.3 is 14.6 Å². The third kappa shape index (κ3) is 5.59. The van der Waals surface area contributed by atoms with Crippen LogP contribution in [0.15, 0.2) is 24.3 Å². The number of hydroxylamine groups is 2. The molecule has 0 aromatic heterocycles. The minimum absolute atomic E-state index is 0.282. The summed E-state index contributed by atoms with van der Waals surface area (Å²) in [6.07, 6.45) is 4.02. The van der Waals surface area contributed by atoms with E-state index < -0.39 is 11.8 Å². The van der Waals surface area contributed by atoms with Gasteiger partial charge >= 0.3 is 7.48 Å². The molecule has 1 saturated heterocycles. The third-order valence-corrected chi connectivity index (χ3v) is 4.46. The fourth-order valence-electron chi connectivity index (χ4n) is 3.02. The van der Waals surface area contributed by atoms with E-state index in [2.05, 4.69) is 30.9 Å². The van der Waals surface area contributed by atoms with Crippen molar-refractivity contribution in [2.45, 2.75) is 71.1 Å². The van der Waals surface area contributed by atoms with Gasteiger partial charge in [-0.2, -0.15) is 5.06 Å². The molecule has 2 rings (SSSR count). The van der Waals surface area contributed by atoms with Gasteiger partial charge in [-0.25, -0.2) is 0 Å². The van der Waals surface area contributed by atoms with Gasteiger partial charge in [-0.05, 0) is 44.4 Å². The standard InChI is InChI=1S/C20H30BNO3/c1-5-6-7-8-16-9-11-17(12-10-16)13-14-19(23)18-15-24-20(2,3)22(18)25-21-4/h9-12,18-19,21,23H,5-8,15H2,1-4H3/t18-,19+/m1/s1. The van der Waals surface area contributed by atoms with Gasteiger partial charge in [0.25, 0.3) is 0 Å². The summed E-state index contributed by atoms with van der Waals surface area (Å²) in [6.45, 7) is 8.40. The number of unbranched alkanes of at least 4 members (excludes halogenated alkanes) is 2. The number of hydrogen-bond acceptors (Lipinski definition) is 4. The van der Waals surface area contributed by atoms with Crippen LogP contribution in [0.2, 0.25) is 6.82 Å². The summed E-state index contributed by atoms with van der Waals surface area (Å²) in [7, 11) is 0.531. The Labute approximate surface area is 152 Å². The molecule has 1 fully saturated rings. The highest BCUT2D eigenvalue weighted by molar-refractivity contribution is 6.24. The smallest absolute Gasteiger partial charge is 0.301 e. The Morgan fingerprint density at radius 3 is 2.72 bits per heavy atom. The summed E-state index contributed by atoms with van der Waals surface area (Å²) < 4.78 is 11.4. The van der Waals surface area contributed by atoms with E-state index >= 15 is 0 Å². The second kappa shape index (κ2) is 9.40. The maximum Gasteiger partial charge on any atom is 0.301 e. The molecule has 0 bridgehead atoms. The minimum atomic E-state index is -0.822. The zero-order valence-corrected chi connectivity index (χ0v) is 15.9. The van der Waals surface area contributed by atoms with Gasteiger partial charge in [0.1, 0.15) is 11.8 Å². The van der Waals surface area contributed by atoms with Crippen molar-refractivity contribution in [1.29, 1.82) is 0 Å². The lowest BCUT2D eigenvalue weighted by molar-refractivity contribution is -0.202. The van der Waals surface area contributed by atoms with Gasteiger partial charge in [0, 0.05) is 5.56 Å². The zero-order chi connectivity index (χ0) is 18.3. The van der Waals surface area contributed by atoms with Crippen LogP contribution in [-0.2, 0) is 15.9 Å². The van der Waals surface area contributed by atoms with Crippen molar-refractivity contribution in [1.82, 2.24) is 5.06 Å². The summed E-state index contributed by atoms with van der Waals surface area (Å²) in [5.41, 5.74) is 1.70. The normalized spacial score (nSPS) is 20.8. The molecule has 136 valence electrons. The minimum Gasteiger partial charge on any atom is -0.379 e. The van der Waals surface area contributed by atoms with Gasteiger partial charge in [0.05, 0.1) is 12.6 Å². The Morgan fingerprint density at radius 1 is 1.36 bits per heavy atom. The predicted octanol–water partition coefficient (Wildman–Crippen LogP) is 2.90. The highest BCUT2D eigenvalue weighted by Crippen LogP contribution is 2.28. The lowest BCUT2D eigenvalue weighted by atomic mass is 10.0. The molecule has 0 unspecified atom stereocenters. The highest BCUT2D eigenvalue weighted by atomic mass is 16.7. The van der Waals surface area contributed by atoms with Crippen LogP contribution in [-0.4, -0.2) is 42.1 Å². The van der Waals surface area contributed by atoms with Gasteiger partial charge in [0.2, 0.25) is 0 Å². The lowest BCUT2D eigenvalue weighted by Gasteiger charge is -2.33. The van der Waals surface area contributed by atoms with Crippen LogP contribution < -0.4 is 0 Å². The van der Waals surface area contributed by atoms with Crippen molar-refractivity contribution >= 4 is 7.48 Å². The van der Waals surface area contributed by atoms with Crippen LogP contribution in [0.4, 0.5) is 0 Å². The van der Waals surface area contributed by atoms with Crippen molar-refractivity contribution in [3.05, 3.63) is 35.4 Å². The molecule has 1 aromatic rings. The fourth-order valence-corrected chi connectivity index (χ4v) is 3.02. The van der Waals surface area contributed by atoms with E-state index in [1.54, 1.807) is 5.06 Å². The Morgan fingerprint density at radius 2 is 2.08 bits per heavy atom. The molecule has 0 saturated carbocycles. The van der Waals surface area contributed by atoms with Gasteiger partial charge in [-0.3, -0.25) is 0 Å². The number of aliphatic hydroxyl groups excluding tert-OH is 1. The molecule has 2 atom stereocenters. The monoisotopic (exact) mass is 343 g/mol. The lowest BCUT2D eigenvalue weighted by Crippen LogP contribution is -2.48. The second-order valence-electron chi connectivity index (χ2n) is 6.94. The van der Waals surface area contributed by atoms with Crippen LogP contribution in [0.25, 0.3) is 0 Å². The van der Waals surface area contributed by atoms with Crippen molar-refractivity contribution < 1.29 is 14.6 Å². The van der Waals surface area contributed by atoms with Crippen molar-refractivity contribution in [2.24, 2.45) is 0 Å². The Balaban J connectivity index is 1.97. The van der Waals surface area contributed by atoms with Gasteiger partial charge in [-0.15, -0.1) is 0 Å². The van der Waals surface area contributed by atoms with Crippen molar-refractivity contribution in [3.8, 4) is 11.8 Å². The Hall–Kier alpha value is -1.32. The Bertz CT molecular complexity index is 591. The fraction of sp³-hybridized carbons (Fsp3) is 0.600. The number of hydrogen-bond donors (Lipinski definition) is 1. The highest BCUT2D eigenvalue weighted by Gasteiger charge is 2.44. The van der Waals surface area contributed by atoms with E-state index in [0.29, 0.717) is 14.1 Å². The van der Waals surface area contributed by atoms with Crippen LogP contribution in [0.3, 0.4) is 0 Å². The summed E-state index contributed by atoms with van der Waals surface area (Å²) in [5.74, 6) is 6.01. The Kier molecular flexibility index (Phi) is 7.52. The largest absolute Gasteiger partial charge is 0.379 e. The number of aryl methyl sites for hydroxylation is 1. The molecule has 1 aliphatic rings. The number of rotatable bonds is 7. The molecule has 0 radical (unpaired) electrons. The molecular weight excluding hydrogens is 313 g/mol. The topological polar surface area (TPSA) is 41.9 Å². The molecule has 4 nitrogen and oxygen atoms in total.